The molecule has 2 aromatic rings. The van der Waals surface area contributed by atoms with Crippen molar-refractivity contribution in [2.75, 3.05) is 5.32 Å². The van der Waals surface area contributed by atoms with Gasteiger partial charge >= 0.3 is 0 Å². The molecule has 0 atom stereocenters. The van der Waals surface area contributed by atoms with E-state index in [2.05, 4.69) is 57.6 Å². The molecule has 0 heterocycles. The van der Waals surface area contributed by atoms with Gasteiger partial charge in [-0.3, -0.25) is 0 Å². The molecule has 0 spiro atoms. The minimum atomic E-state index is 0.702. The standard InChI is InChI=1S/C14H14BrN/c15-12-6-4-11-9-14(7-5-10(11)8-12)16-13-2-1-3-13/h4-9,13,16H,1-3H2. The third-order valence-corrected chi connectivity index (χ3v) is 3.77. The molecule has 2 aromatic carbocycles. The number of benzene rings is 2. The Kier molecular flexibility index (Phi) is 2.60. The molecule has 1 aliphatic carbocycles. The molecule has 0 radical (unpaired) electrons. The van der Waals surface area contributed by atoms with E-state index in [-0.39, 0.29) is 0 Å². The fraction of sp³-hybridized carbons (Fsp3) is 0.286. The van der Waals surface area contributed by atoms with Gasteiger partial charge in [-0.25, -0.2) is 0 Å². The molecular weight excluding hydrogens is 262 g/mol. The van der Waals surface area contributed by atoms with E-state index in [0.29, 0.717) is 6.04 Å². The number of anilines is 1. The molecular formula is C14H14BrN. The Labute approximate surface area is 104 Å². The summed E-state index contributed by atoms with van der Waals surface area (Å²) in [5, 5.41) is 6.16. The van der Waals surface area contributed by atoms with Gasteiger partial charge in [-0.15, -0.1) is 0 Å². The summed E-state index contributed by atoms with van der Waals surface area (Å²) in [5.74, 6) is 0. The van der Waals surface area contributed by atoms with Crippen LogP contribution in [0.4, 0.5) is 5.69 Å². The minimum Gasteiger partial charge on any atom is -0.382 e. The normalized spacial score (nSPS) is 16.1. The highest BCUT2D eigenvalue weighted by molar-refractivity contribution is 9.10. The van der Waals surface area contributed by atoms with Gasteiger partial charge in [0.15, 0.2) is 0 Å². The smallest absolute Gasteiger partial charge is 0.0348 e. The van der Waals surface area contributed by atoms with Crippen LogP contribution in [0.2, 0.25) is 0 Å². The van der Waals surface area contributed by atoms with Crippen molar-refractivity contribution in [2.24, 2.45) is 0 Å². The van der Waals surface area contributed by atoms with Crippen molar-refractivity contribution in [3.63, 3.8) is 0 Å². The topological polar surface area (TPSA) is 12.0 Å². The Balaban J connectivity index is 1.92. The van der Waals surface area contributed by atoms with E-state index >= 15 is 0 Å². The molecule has 0 aromatic heterocycles. The first kappa shape index (κ1) is 10.2. The van der Waals surface area contributed by atoms with Crippen LogP contribution in [0.5, 0.6) is 0 Å². The number of nitrogens with one attached hydrogen (secondary N) is 1. The molecule has 0 unspecified atom stereocenters. The van der Waals surface area contributed by atoms with Crippen molar-refractivity contribution in [3.05, 3.63) is 40.9 Å². The molecule has 0 aliphatic heterocycles. The maximum Gasteiger partial charge on any atom is 0.0348 e. The maximum atomic E-state index is 3.57. The first-order chi connectivity index (χ1) is 7.81. The molecule has 1 N–H and O–H groups in total. The molecule has 2 heteroatoms. The fourth-order valence-corrected chi connectivity index (χ4v) is 2.47. The molecule has 1 saturated carbocycles. The van der Waals surface area contributed by atoms with E-state index in [0.717, 1.165) is 4.47 Å². The Morgan fingerprint density at radius 1 is 1.00 bits per heavy atom. The van der Waals surface area contributed by atoms with E-state index in [1.165, 1.54) is 35.7 Å². The second kappa shape index (κ2) is 4.10. The summed E-state index contributed by atoms with van der Waals surface area (Å²) in [6, 6.07) is 13.7. The summed E-state index contributed by atoms with van der Waals surface area (Å²) in [6.45, 7) is 0. The predicted octanol–water partition coefficient (Wildman–Crippen LogP) is 4.57. The van der Waals surface area contributed by atoms with E-state index in [9.17, 15) is 0 Å². The van der Waals surface area contributed by atoms with Gasteiger partial charge in [0, 0.05) is 16.2 Å². The lowest BCUT2D eigenvalue weighted by Crippen LogP contribution is -2.26. The average molecular weight is 276 g/mol. The second-order valence-electron chi connectivity index (χ2n) is 4.48. The van der Waals surface area contributed by atoms with Crippen LogP contribution in [0, 0.1) is 0 Å². The molecule has 1 nitrogen and oxygen atoms in total. The molecule has 1 fully saturated rings. The van der Waals surface area contributed by atoms with E-state index < -0.39 is 0 Å². The summed E-state index contributed by atoms with van der Waals surface area (Å²) in [5.41, 5.74) is 1.25. The number of fused-ring (bicyclic) bond motifs is 1. The van der Waals surface area contributed by atoms with E-state index in [1.807, 2.05) is 0 Å². The first-order valence-corrected chi connectivity index (χ1v) is 6.56. The van der Waals surface area contributed by atoms with Crippen molar-refractivity contribution < 1.29 is 0 Å². The number of hydrogen-bond acceptors (Lipinski definition) is 1. The average Bonchev–Trinajstić information content (AvgIpc) is 2.23. The highest BCUT2D eigenvalue weighted by Crippen LogP contribution is 2.26. The largest absolute Gasteiger partial charge is 0.382 e. The van der Waals surface area contributed by atoms with Crippen molar-refractivity contribution in [2.45, 2.75) is 25.3 Å². The van der Waals surface area contributed by atoms with Crippen LogP contribution < -0.4 is 5.32 Å². The molecule has 0 bridgehead atoms. The molecule has 0 saturated heterocycles. The van der Waals surface area contributed by atoms with Gasteiger partial charge in [-0.05, 0) is 54.3 Å². The number of halogens is 1. The number of rotatable bonds is 2. The first-order valence-electron chi connectivity index (χ1n) is 5.77. The van der Waals surface area contributed by atoms with Gasteiger partial charge < -0.3 is 5.32 Å². The van der Waals surface area contributed by atoms with Crippen LogP contribution in [-0.2, 0) is 0 Å². The third kappa shape index (κ3) is 1.94. The number of hydrogen-bond donors (Lipinski definition) is 1. The van der Waals surface area contributed by atoms with Gasteiger partial charge in [-0.1, -0.05) is 28.1 Å². The summed E-state index contributed by atoms with van der Waals surface area (Å²) in [4.78, 5) is 0. The van der Waals surface area contributed by atoms with Gasteiger partial charge in [-0.2, -0.15) is 0 Å². The van der Waals surface area contributed by atoms with Crippen molar-refractivity contribution >= 4 is 32.4 Å². The van der Waals surface area contributed by atoms with Crippen LogP contribution in [0.15, 0.2) is 40.9 Å². The summed E-state index contributed by atoms with van der Waals surface area (Å²) < 4.78 is 1.14. The Bertz CT molecular complexity index is 517. The van der Waals surface area contributed by atoms with Crippen LogP contribution in [0.3, 0.4) is 0 Å². The lowest BCUT2D eigenvalue weighted by molar-refractivity contribution is 0.445. The monoisotopic (exact) mass is 275 g/mol. The zero-order chi connectivity index (χ0) is 11.0. The Morgan fingerprint density at radius 2 is 1.75 bits per heavy atom. The Hall–Kier alpha value is -1.02. The van der Waals surface area contributed by atoms with E-state index in [1.54, 1.807) is 0 Å². The highest BCUT2D eigenvalue weighted by atomic mass is 79.9. The minimum absolute atomic E-state index is 0.702. The van der Waals surface area contributed by atoms with Gasteiger partial charge in [0.1, 0.15) is 0 Å². The van der Waals surface area contributed by atoms with E-state index in [4.69, 9.17) is 0 Å². The Morgan fingerprint density at radius 3 is 2.50 bits per heavy atom. The molecule has 0 amide bonds. The molecule has 1 aliphatic rings. The van der Waals surface area contributed by atoms with Gasteiger partial charge in [0.2, 0.25) is 0 Å². The van der Waals surface area contributed by atoms with Crippen molar-refractivity contribution in [3.8, 4) is 0 Å². The molecule has 82 valence electrons. The quantitative estimate of drug-likeness (QED) is 0.847. The van der Waals surface area contributed by atoms with Crippen LogP contribution in [0.1, 0.15) is 19.3 Å². The fourth-order valence-electron chi connectivity index (χ4n) is 2.09. The SMILES string of the molecule is Brc1ccc2cc(NC3CCC3)ccc2c1. The summed E-state index contributed by atoms with van der Waals surface area (Å²) in [6.07, 6.45) is 4.01. The van der Waals surface area contributed by atoms with Gasteiger partial charge in [0.25, 0.3) is 0 Å². The second-order valence-corrected chi connectivity index (χ2v) is 5.39. The lowest BCUT2D eigenvalue weighted by atomic mass is 9.93. The maximum absolute atomic E-state index is 3.57. The molecule has 16 heavy (non-hydrogen) atoms. The van der Waals surface area contributed by atoms with Crippen LogP contribution >= 0.6 is 15.9 Å². The zero-order valence-electron chi connectivity index (χ0n) is 9.04. The lowest BCUT2D eigenvalue weighted by Gasteiger charge is -2.27. The third-order valence-electron chi connectivity index (χ3n) is 3.28. The van der Waals surface area contributed by atoms with Crippen molar-refractivity contribution in [1.82, 2.24) is 0 Å². The summed E-state index contributed by atoms with van der Waals surface area (Å²) in [7, 11) is 0. The zero-order valence-corrected chi connectivity index (χ0v) is 10.6. The van der Waals surface area contributed by atoms with Crippen LogP contribution in [0.25, 0.3) is 10.8 Å². The highest BCUT2D eigenvalue weighted by Gasteiger charge is 2.16. The van der Waals surface area contributed by atoms with Gasteiger partial charge in [0.05, 0.1) is 0 Å². The van der Waals surface area contributed by atoms with Crippen molar-refractivity contribution in [1.29, 1.82) is 0 Å². The summed E-state index contributed by atoms with van der Waals surface area (Å²) >= 11 is 3.50. The van der Waals surface area contributed by atoms with Crippen LogP contribution in [-0.4, -0.2) is 6.04 Å². The molecule has 3 rings (SSSR count). The predicted molar refractivity (Wildman–Crippen MR) is 72.9 cm³/mol.